The molecule has 14 heavy (non-hydrogen) atoms. The third-order valence-electron chi connectivity index (χ3n) is 0.723. The van der Waals surface area contributed by atoms with Crippen LogP contribution in [0.15, 0.2) is 23.7 Å². The first-order valence-corrected chi connectivity index (χ1v) is 5.75. The lowest BCUT2D eigenvalue weighted by Crippen LogP contribution is -2.12. The summed E-state index contributed by atoms with van der Waals surface area (Å²) in [4.78, 5) is 0. The molecule has 0 aromatic rings. The van der Waals surface area contributed by atoms with Crippen molar-refractivity contribution >= 4 is 20.2 Å². The van der Waals surface area contributed by atoms with Gasteiger partial charge in [-0.25, -0.2) is 0 Å². The van der Waals surface area contributed by atoms with Crippen molar-refractivity contribution < 1.29 is 30.7 Å². The van der Waals surface area contributed by atoms with Gasteiger partial charge in [0.15, 0.2) is 0 Å². The zero-order valence-corrected chi connectivity index (χ0v) is 8.88. The van der Waals surface area contributed by atoms with Crippen molar-refractivity contribution in [3.63, 3.8) is 0 Å². The highest BCUT2D eigenvalue weighted by Crippen LogP contribution is 2.10. The predicted octanol–water partition coefficient (Wildman–Crippen LogP) is 0.00950. The van der Waals surface area contributed by atoms with Crippen LogP contribution in [0.25, 0.3) is 0 Å². The van der Waals surface area contributed by atoms with E-state index < -0.39 is 24.5 Å². The Kier molecular flexibility index (Phi) is 6.40. The molecule has 0 fully saturated rings. The lowest BCUT2D eigenvalue weighted by Gasteiger charge is -1.97. The molecule has 0 aliphatic carbocycles. The fourth-order valence-corrected chi connectivity index (χ4v) is 1.85. The smallest absolute Gasteiger partial charge is 0.311 e. The van der Waals surface area contributed by atoms with Crippen LogP contribution in [-0.2, 0) is 25.0 Å². The monoisotopic (exact) mass is 246 g/mol. The fraction of sp³-hybridized carbons (Fsp3) is 0.200. The lowest BCUT2D eigenvalue weighted by molar-refractivity contribution is 0.336. The maximum Gasteiger partial charge on any atom is 0.311 e. The van der Waals surface area contributed by atoms with Crippen molar-refractivity contribution in [3.8, 4) is 0 Å². The summed E-state index contributed by atoms with van der Waals surface area (Å²) in [5.41, 5.74) is 0. The van der Waals surface area contributed by atoms with E-state index in [2.05, 4.69) is 17.9 Å². The highest BCUT2D eigenvalue weighted by molar-refractivity contribution is 8.09. The Balaban J connectivity index is 0. The SMILES string of the molecule is C=C.COC=C(S(=O)(=O)O)S(=O)(=O)O. The van der Waals surface area contributed by atoms with Gasteiger partial charge in [0.25, 0.3) is 0 Å². The number of ether oxygens (including phenoxy) is 1. The molecular formula is C5H10O7S2. The molecule has 0 aromatic heterocycles. The van der Waals surface area contributed by atoms with Crippen LogP contribution in [0.4, 0.5) is 0 Å². The summed E-state index contributed by atoms with van der Waals surface area (Å²) in [7, 11) is -9.02. The Hall–Kier alpha value is -0.900. The summed E-state index contributed by atoms with van der Waals surface area (Å²) in [6.07, 6.45) is 0.199. The van der Waals surface area contributed by atoms with Crippen molar-refractivity contribution in [2.24, 2.45) is 0 Å². The number of methoxy groups -OCH3 is 1. The van der Waals surface area contributed by atoms with Gasteiger partial charge in [0.1, 0.15) is 6.26 Å². The highest BCUT2D eigenvalue weighted by Gasteiger charge is 2.27. The van der Waals surface area contributed by atoms with E-state index in [-0.39, 0.29) is 6.26 Å². The van der Waals surface area contributed by atoms with Gasteiger partial charge < -0.3 is 4.74 Å². The summed E-state index contributed by atoms with van der Waals surface area (Å²) in [6, 6.07) is 0. The topological polar surface area (TPSA) is 118 Å². The molecule has 0 bridgehead atoms. The zero-order chi connectivity index (χ0) is 12.0. The maximum absolute atomic E-state index is 10.2. The number of hydrogen-bond acceptors (Lipinski definition) is 5. The van der Waals surface area contributed by atoms with Gasteiger partial charge in [-0.2, -0.15) is 16.8 Å². The molecule has 84 valence electrons. The van der Waals surface area contributed by atoms with Crippen LogP contribution in [0.3, 0.4) is 0 Å². The Labute approximate surface area is 82.2 Å². The second-order valence-electron chi connectivity index (χ2n) is 1.62. The second-order valence-corrected chi connectivity index (χ2v) is 4.66. The molecule has 0 amide bonds. The van der Waals surface area contributed by atoms with Gasteiger partial charge in [0.2, 0.25) is 4.24 Å². The molecule has 2 N–H and O–H groups in total. The van der Waals surface area contributed by atoms with Crippen molar-refractivity contribution in [3.05, 3.63) is 23.7 Å². The minimum atomic E-state index is -4.99. The molecule has 0 rings (SSSR count). The van der Waals surface area contributed by atoms with Crippen LogP contribution < -0.4 is 0 Å². The first-order chi connectivity index (χ1) is 6.19. The fourth-order valence-electron chi connectivity index (χ4n) is 0.351. The zero-order valence-electron chi connectivity index (χ0n) is 7.24. The molecule has 0 unspecified atom stereocenters. The Bertz CT molecular complexity index is 354. The predicted molar refractivity (Wildman–Crippen MR) is 49.4 cm³/mol. The van der Waals surface area contributed by atoms with Gasteiger partial charge in [0.05, 0.1) is 7.11 Å². The number of hydrogen-bond donors (Lipinski definition) is 2. The average Bonchev–Trinajstić information content (AvgIpc) is 2.00. The maximum atomic E-state index is 10.2. The summed E-state index contributed by atoms with van der Waals surface area (Å²) in [5.74, 6) is 0. The first-order valence-electron chi connectivity index (χ1n) is 2.87. The molecule has 0 spiro atoms. The first kappa shape index (κ1) is 15.6. The molecule has 0 heterocycles. The molecule has 0 aliphatic heterocycles. The van der Waals surface area contributed by atoms with Crippen LogP contribution in [0.5, 0.6) is 0 Å². The van der Waals surface area contributed by atoms with E-state index in [1.54, 1.807) is 0 Å². The molecule has 9 heteroatoms. The molecule has 0 atom stereocenters. The Morgan fingerprint density at radius 2 is 1.43 bits per heavy atom. The van der Waals surface area contributed by atoms with Gasteiger partial charge in [0, 0.05) is 0 Å². The van der Waals surface area contributed by atoms with Gasteiger partial charge in [-0.3, -0.25) is 9.11 Å². The molecule has 0 aliphatic rings. The van der Waals surface area contributed by atoms with E-state index in [1.807, 2.05) is 0 Å². The quantitative estimate of drug-likeness (QED) is 0.409. The standard InChI is InChI=1S/C3H6O7S2.C2H4/c1-10-2-3(11(4,5)6)12(7,8)9;1-2/h2H,1H3,(H,4,5,6)(H,7,8,9);1-2H2. The van der Waals surface area contributed by atoms with Crippen molar-refractivity contribution in [2.45, 2.75) is 0 Å². The lowest BCUT2D eigenvalue weighted by atomic mass is 11.1. The Morgan fingerprint density at radius 1 is 1.14 bits per heavy atom. The van der Waals surface area contributed by atoms with E-state index in [0.717, 1.165) is 7.11 Å². The summed E-state index contributed by atoms with van der Waals surface area (Å²) >= 11 is 0. The van der Waals surface area contributed by atoms with Crippen LogP contribution in [-0.4, -0.2) is 33.1 Å². The van der Waals surface area contributed by atoms with E-state index in [1.165, 1.54) is 0 Å². The third kappa shape index (κ3) is 5.70. The Morgan fingerprint density at radius 3 is 1.50 bits per heavy atom. The van der Waals surface area contributed by atoms with Gasteiger partial charge >= 0.3 is 20.2 Å². The summed E-state index contributed by atoms with van der Waals surface area (Å²) < 4.78 is 59.8. The van der Waals surface area contributed by atoms with Crippen molar-refractivity contribution in [1.29, 1.82) is 0 Å². The van der Waals surface area contributed by atoms with Gasteiger partial charge in [-0.05, 0) is 0 Å². The minimum Gasteiger partial charge on any atom is -0.502 e. The molecular weight excluding hydrogens is 236 g/mol. The second kappa shape index (κ2) is 5.75. The average molecular weight is 246 g/mol. The summed E-state index contributed by atoms with van der Waals surface area (Å²) in [5, 5.41) is 0. The third-order valence-corrected chi connectivity index (χ3v) is 3.20. The highest BCUT2D eigenvalue weighted by atomic mass is 32.3. The van der Waals surface area contributed by atoms with E-state index in [4.69, 9.17) is 9.11 Å². The van der Waals surface area contributed by atoms with Gasteiger partial charge in [-0.15, -0.1) is 13.2 Å². The minimum absolute atomic E-state index is 0.199. The molecule has 0 saturated heterocycles. The molecule has 0 radical (unpaired) electrons. The van der Waals surface area contributed by atoms with Crippen molar-refractivity contribution in [2.75, 3.05) is 7.11 Å². The summed E-state index contributed by atoms with van der Waals surface area (Å²) in [6.45, 7) is 6.00. The number of rotatable bonds is 3. The van der Waals surface area contributed by atoms with Gasteiger partial charge in [-0.1, -0.05) is 0 Å². The van der Waals surface area contributed by atoms with E-state index in [9.17, 15) is 16.8 Å². The van der Waals surface area contributed by atoms with Crippen LogP contribution in [0.1, 0.15) is 0 Å². The van der Waals surface area contributed by atoms with Crippen LogP contribution in [0, 0.1) is 0 Å². The van der Waals surface area contributed by atoms with Crippen LogP contribution >= 0.6 is 0 Å². The van der Waals surface area contributed by atoms with E-state index in [0.29, 0.717) is 0 Å². The van der Waals surface area contributed by atoms with Crippen molar-refractivity contribution in [1.82, 2.24) is 0 Å². The largest absolute Gasteiger partial charge is 0.502 e. The normalized spacial score (nSPS) is 10.8. The molecule has 0 saturated carbocycles. The van der Waals surface area contributed by atoms with Crippen LogP contribution in [0.2, 0.25) is 0 Å². The van der Waals surface area contributed by atoms with E-state index >= 15 is 0 Å². The molecule has 0 aromatic carbocycles. The molecule has 7 nitrogen and oxygen atoms in total.